The first-order chi connectivity index (χ1) is 10.2. The molecule has 4 heteroatoms. The minimum Gasteiger partial charge on any atom is -0.377 e. The fourth-order valence-electron chi connectivity index (χ4n) is 2.27. The Bertz CT molecular complexity index is 625. The zero-order valence-corrected chi connectivity index (χ0v) is 12.6. The van der Waals surface area contributed by atoms with Gasteiger partial charge in [0.2, 0.25) is 0 Å². The minimum atomic E-state index is 0.651. The molecule has 0 saturated carbocycles. The lowest BCUT2D eigenvalue weighted by Gasteiger charge is -2.10. The van der Waals surface area contributed by atoms with Crippen LogP contribution in [0.25, 0.3) is 0 Å². The summed E-state index contributed by atoms with van der Waals surface area (Å²) >= 11 is 0. The molecule has 1 aromatic heterocycles. The number of rotatable bonds is 7. The molecule has 1 N–H and O–H groups in total. The zero-order valence-electron chi connectivity index (χ0n) is 12.6. The van der Waals surface area contributed by atoms with Gasteiger partial charge in [-0.15, -0.1) is 0 Å². The second kappa shape index (κ2) is 7.63. The molecule has 0 aliphatic heterocycles. The van der Waals surface area contributed by atoms with Crippen molar-refractivity contribution in [2.75, 3.05) is 6.61 Å². The predicted molar refractivity (Wildman–Crippen MR) is 82.4 cm³/mol. The molecule has 110 valence electrons. The van der Waals surface area contributed by atoms with Gasteiger partial charge < -0.3 is 14.6 Å². The van der Waals surface area contributed by atoms with Crippen LogP contribution in [-0.2, 0) is 31.5 Å². The highest BCUT2D eigenvalue weighted by molar-refractivity contribution is 5.29. The van der Waals surface area contributed by atoms with E-state index in [-0.39, 0.29) is 0 Å². The van der Waals surface area contributed by atoms with Crippen LogP contribution in [0.3, 0.4) is 0 Å². The van der Waals surface area contributed by atoms with Crippen LogP contribution < -0.4 is 5.32 Å². The van der Waals surface area contributed by atoms with Gasteiger partial charge in [0.05, 0.1) is 6.61 Å². The Balaban J connectivity index is 1.92. The monoisotopic (exact) mass is 283 g/mol. The third kappa shape index (κ3) is 4.19. The SMILES string of the molecule is CCOCc1ccccc1CNCc1cc(C#N)n(C)c1. The fraction of sp³-hybridized carbons (Fsp3) is 0.353. The van der Waals surface area contributed by atoms with E-state index < -0.39 is 0 Å². The van der Waals surface area contributed by atoms with Gasteiger partial charge in [-0.2, -0.15) is 5.26 Å². The van der Waals surface area contributed by atoms with E-state index in [1.54, 1.807) is 0 Å². The second-order valence-electron chi connectivity index (χ2n) is 4.97. The van der Waals surface area contributed by atoms with E-state index in [0.717, 1.165) is 25.3 Å². The van der Waals surface area contributed by atoms with Crippen molar-refractivity contribution in [1.29, 1.82) is 5.26 Å². The Morgan fingerprint density at radius 1 is 1.24 bits per heavy atom. The molecule has 0 saturated heterocycles. The van der Waals surface area contributed by atoms with Gasteiger partial charge in [-0.05, 0) is 29.7 Å². The summed E-state index contributed by atoms with van der Waals surface area (Å²) in [5.74, 6) is 0. The summed E-state index contributed by atoms with van der Waals surface area (Å²) in [7, 11) is 1.89. The van der Waals surface area contributed by atoms with Gasteiger partial charge in [-0.3, -0.25) is 0 Å². The summed E-state index contributed by atoms with van der Waals surface area (Å²) < 4.78 is 7.34. The number of aryl methyl sites for hydroxylation is 1. The van der Waals surface area contributed by atoms with Crippen LogP contribution in [0.1, 0.15) is 29.3 Å². The van der Waals surface area contributed by atoms with Gasteiger partial charge in [0, 0.05) is 32.9 Å². The van der Waals surface area contributed by atoms with Crippen molar-refractivity contribution in [1.82, 2.24) is 9.88 Å². The van der Waals surface area contributed by atoms with E-state index in [0.29, 0.717) is 12.3 Å². The van der Waals surface area contributed by atoms with Crippen LogP contribution in [0.15, 0.2) is 36.5 Å². The van der Waals surface area contributed by atoms with E-state index >= 15 is 0 Å². The van der Waals surface area contributed by atoms with Gasteiger partial charge in [-0.25, -0.2) is 0 Å². The molecule has 2 rings (SSSR count). The molecule has 0 amide bonds. The van der Waals surface area contributed by atoms with Crippen molar-refractivity contribution in [3.05, 3.63) is 58.9 Å². The lowest BCUT2D eigenvalue weighted by Crippen LogP contribution is -2.14. The number of nitrogens with zero attached hydrogens (tertiary/aromatic N) is 2. The summed E-state index contributed by atoms with van der Waals surface area (Å²) in [5, 5.41) is 12.4. The van der Waals surface area contributed by atoms with Gasteiger partial charge in [0.15, 0.2) is 0 Å². The second-order valence-corrected chi connectivity index (χ2v) is 4.97. The topological polar surface area (TPSA) is 50.0 Å². The third-order valence-electron chi connectivity index (χ3n) is 3.40. The molecule has 0 fully saturated rings. The van der Waals surface area contributed by atoms with Gasteiger partial charge >= 0.3 is 0 Å². The molecule has 2 aromatic rings. The number of ether oxygens (including phenoxy) is 1. The molecular weight excluding hydrogens is 262 g/mol. The van der Waals surface area contributed by atoms with Crippen molar-refractivity contribution in [3.63, 3.8) is 0 Å². The lowest BCUT2D eigenvalue weighted by molar-refractivity contribution is 0.133. The Labute approximate surface area is 126 Å². The fourth-order valence-corrected chi connectivity index (χ4v) is 2.27. The molecule has 1 heterocycles. The number of hydrogen-bond donors (Lipinski definition) is 1. The molecule has 4 nitrogen and oxygen atoms in total. The normalized spacial score (nSPS) is 10.5. The molecular formula is C17H21N3O. The number of hydrogen-bond acceptors (Lipinski definition) is 3. The molecule has 0 unspecified atom stereocenters. The Morgan fingerprint density at radius 3 is 2.67 bits per heavy atom. The van der Waals surface area contributed by atoms with Crippen LogP contribution >= 0.6 is 0 Å². The van der Waals surface area contributed by atoms with Crippen molar-refractivity contribution in [2.24, 2.45) is 7.05 Å². The highest BCUT2D eigenvalue weighted by Crippen LogP contribution is 2.11. The molecule has 0 atom stereocenters. The molecule has 0 aliphatic carbocycles. The molecule has 0 radical (unpaired) electrons. The summed E-state index contributed by atoms with van der Waals surface area (Å²) in [6.07, 6.45) is 1.98. The maximum Gasteiger partial charge on any atom is 0.120 e. The number of nitriles is 1. The van der Waals surface area contributed by atoms with E-state index in [1.807, 2.05) is 42.9 Å². The first-order valence-electron chi connectivity index (χ1n) is 7.15. The van der Waals surface area contributed by atoms with Crippen molar-refractivity contribution in [2.45, 2.75) is 26.6 Å². The summed E-state index contributed by atoms with van der Waals surface area (Å²) in [6.45, 7) is 4.92. The Kier molecular flexibility index (Phi) is 5.56. The maximum absolute atomic E-state index is 8.95. The summed E-state index contributed by atoms with van der Waals surface area (Å²) in [5.41, 5.74) is 4.28. The molecule has 1 aromatic carbocycles. The third-order valence-corrected chi connectivity index (χ3v) is 3.40. The van der Waals surface area contributed by atoms with Crippen LogP contribution in [0.4, 0.5) is 0 Å². The minimum absolute atomic E-state index is 0.651. The lowest BCUT2D eigenvalue weighted by atomic mass is 10.1. The maximum atomic E-state index is 8.95. The van der Waals surface area contributed by atoms with Crippen molar-refractivity contribution >= 4 is 0 Å². The average molecular weight is 283 g/mol. The van der Waals surface area contributed by atoms with Crippen LogP contribution in [0.2, 0.25) is 0 Å². The van der Waals surface area contributed by atoms with E-state index in [1.165, 1.54) is 11.1 Å². The first-order valence-corrected chi connectivity index (χ1v) is 7.15. The number of benzene rings is 1. The predicted octanol–water partition coefficient (Wildman–Crippen LogP) is 2.72. The molecule has 21 heavy (non-hydrogen) atoms. The smallest absolute Gasteiger partial charge is 0.120 e. The highest BCUT2D eigenvalue weighted by Gasteiger charge is 2.04. The van der Waals surface area contributed by atoms with Gasteiger partial charge in [-0.1, -0.05) is 24.3 Å². The van der Waals surface area contributed by atoms with E-state index in [2.05, 4.69) is 23.5 Å². The standard InChI is InChI=1S/C17H21N3O/c1-3-21-13-16-7-5-4-6-15(16)11-19-10-14-8-17(9-18)20(2)12-14/h4-8,12,19H,3,10-11,13H2,1-2H3. The van der Waals surface area contributed by atoms with E-state index in [9.17, 15) is 0 Å². The van der Waals surface area contributed by atoms with Crippen LogP contribution in [-0.4, -0.2) is 11.2 Å². The van der Waals surface area contributed by atoms with Crippen LogP contribution in [0.5, 0.6) is 0 Å². The molecule has 0 bridgehead atoms. The summed E-state index contributed by atoms with van der Waals surface area (Å²) in [4.78, 5) is 0. The van der Waals surface area contributed by atoms with E-state index in [4.69, 9.17) is 10.00 Å². The average Bonchev–Trinajstić information content (AvgIpc) is 2.86. The Morgan fingerprint density at radius 2 is 2.00 bits per heavy atom. The van der Waals surface area contributed by atoms with Crippen molar-refractivity contribution < 1.29 is 4.74 Å². The first kappa shape index (κ1) is 15.3. The highest BCUT2D eigenvalue weighted by atomic mass is 16.5. The zero-order chi connectivity index (χ0) is 15.1. The molecule has 0 aliphatic rings. The number of aromatic nitrogens is 1. The quantitative estimate of drug-likeness (QED) is 0.850. The van der Waals surface area contributed by atoms with Crippen LogP contribution in [0, 0.1) is 11.3 Å². The number of nitrogens with one attached hydrogen (secondary N) is 1. The van der Waals surface area contributed by atoms with Crippen molar-refractivity contribution in [3.8, 4) is 6.07 Å². The summed E-state index contributed by atoms with van der Waals surface area (Å²) in [6, 6.07) is 12.4. The van der Waals surface area contributed by atoms with Gasteiger partial charge in [0.1, 0.15) is 11.8 Å². The van der Waals surface area contributed by atoms with Gasteiger partial charge in [0.25, 0.3) is 0 Å². The largest absolute Gasteiger partial charge is 0.377 e. The molecule has 0 spiro atoms. The Hall–Kier alpha value is -2.09.